The van der Waals surface area contributed by atoms with Crippen molar-refractivity contribution >= 4 is 22.5 Å². The molecule has 0 saturated carbocycles. The smallest absolute Gasteiger partial charge is 0.0871 e. The molecular formula is C11H14ClN3. The number of rotatable bonds is 3. The van der Waals surface area contributed by atoms with Crippen LogP contribution in [0.3, 0.4) is 0 Å². The lowest BCUT2D eigenvalue weighted by molar-refractivity contribution is 0.598. The van der Waals surface area contributed by atoms with E-state index in [1.165, 1.54) is 0 Å². The van der Waals surface area contributed by atoms with Crippen LogP contribution >= 0.6 is 11.6 Å². The molecule has 0 spiro atoms. The van der Waals surface area contributed by atoms with Crippen LogP contribution in [0.5, 0.6) is 0 Å². The van der Waals surface area contributed by atoms with E-state index in [1.54, 1.807) is 0 Å². The molecule has 0 atom stereocenters. The minimum atomic E-state index is 0.671. The molecule has 2 rings (SSSR count). The highest BCUT2D eigenvalue weighted by molar-refractivity contribution is 6.35. The summed E-state index contributed by atoms with van der Waals surface area (Å²) in [7, 11) is 0. The maximum atomic E-state index is 6.16. The van der Waals surface area contributed by atoms with Gasteiger partial charge >= 0.3 is 0 Å². The third-order valence-electron chi connectivity index (χ3n) is 2.48. The highest BCUT2D eigenvalue weighted by Gasteiger charge is 2.09. The molecule has 0 aliphatic rings. The van der Waals surface area contributed by atoms with Gasteiger partial charge in [0, 0.05) is 11.9 Å². The van der Waals surface area contributed by atoms with E-state index in [-0.39, 0.29) is 0 Å². The fraction of sp³-hybridized carbons (Fsp3) is 0.364. The van der Waals surface area contributed by atoms with Crippen molar-refractivity contribution < 1.29 is 0 Å². The molecule has 0 amide bonds. The fourth-order valence-electron chi connectivity index (χ4n) is 1.76. The first-order valence-electron chi connectivity index (χ1n) is 5.05. The van der Waals surface area contributed by atoms with Gasteiger partial charge in [-0.25, -0.2) is 0 Å². The van der Waals surface area contributed by atoms with E-state index in [9.17, 15) is 0 Å². The van der Waals surface area contributed by atoms with Crippen molar-refractivity contribution in [2.75, 3.05) is 6.54 Å². The van der Waals surface area contributed by atoms with E-state index in [2.05, 4.69) is 5.10 Å². The van der Waals surface area contributed by atoms with E-state index in [4.69, 9.17) is 17.3 Å². The van der Waals surface area contributed by atoms with Crippen molar-refractivity contribution in [2.24, 2.45) is 5.73 Å². The van der Waals surface area contributed by atoms with Crippen molar-refractivity contribution in [1.29, 1.82) is 0 Å². The second-order valence-electron chi connectivity index (χ2n) is 3.59. The zero-order valence-electron chi connectivity index (χ0n) is 8.70. The standard InChI is InChI=1S/C11H14ClN3/c1-8-9-4-2-5-10(12)11(9)15(14-8)7-3-6-13/h2,4-5H,3,6-7,13H2,1H3. The summed E-state index contributed by atoms with van der Waals surface area (Å²) in [6.07, 6.45) is 0.918. The first-order valence-corrected chi connectivity index (χ1v) is 5.43. The Morgan fingerprint density at radius 2 is 2.27 bits per heavy atom. The molecule has 0 saturated heterocycles. The number of hydrogen-bond acceptors (Lipinski definition) is 2. The largest absolute Gasteiger partial charge is 0.330 e. The van der Waals surface area contributed by atoms with E-state index >= 15 is 0 Å². The average molecular weight is 224 g/mol. The monoisotopic (exact) mass is 223 g/mol. The van der Waals surface area contributed by atoms with Crippen LogP contribution in [0.4, 0.5) is 0 Å². The zero-order valence-corrected chi connectivity index (χ0v) is 9.46. The molecule has 3 nitrogen and oxygen atoms in total. The molecule has 4 heteroatoms. The molecule has 0 unspecified atom stereocenters. The predicted molar refractivity (Wildman–Crippen MR) is 63.2 cm³/mol. The third kappa shape index (κ3) is 1.85. The van der Waals surface area contributed by atoms with Crippen molar-refractivity contribution in [1.82, 2.24) is 9.78 Å². The zero-order chi connectivity index (χ0) is 10.8. The van der Waals surface area contributed by atoms with Crippen LogP contribution in [0.25, 0.3) is 10.9 Å². The Kier molecular flexibility index (Phi) is 2.93. The van der Waals surface area contributed by atoms with E-state index in [0.29, 0.717) is 6.54 Å². The van der Waals surface area contributed by atoms with Gasteiger partial charge in [-0.2, -0.15) is 5.10 Å². The minimum Gasteiger partial charge on any atom is -0.330 e. The van der Waals surface area contributed by atoms with E-state index in [1.807, 2.05) is 29.8 Å². The number of hydrogen-bond donors (Lipinski definition) is 1. The molecule has 0 aliphatic carbocycles. The topological polar surface area (TPSA) is 43.8 Å². The van der Waals surface area contributed by atoms with Gasteiger partial charge in [0.1, 0.15) is 0 Å². The Morgan fingerprint density at radius 3 is 3.00 bits per heavy atom. The van der Waals surface area contributed by atoms with Gasteiger partial charge in [0.25, 0.3) is 0 Å². The second-order valence-corrected chi connectivity index (χ2v) is 3.99. The molecule has 1 aromatic heterocycles. The Balaban J connectivity index is 2.54. The van der Waals surface area contributed by atoms with E-state index < -0.39 is 0 Å². The highest BCUT2D eigenvalue weighted by Crippen LogP contribution is 2.25. The van der Waals surface area contributed by atoms with Crippen molar-refractivity contribution in [3.63, 3.8) is 0 Å². The Morgan fingerprint density at radius 1 is 1.47 bits per heavy atom. The number of nitrogens with two attached hydrogens (primary N) is 1. The first kappa shape index (κ1) is 10.5. The maximum Gasteiger partial charge on any atom is 0.0871 e. The Labute approximate surface area is 93.8 Å². The molecule has 2 aromatic rings. The molecule has 80 valence electrons. The fourth-order valence-corrected chi connectivity index (χ4v) is 2.03. The minimum absolute atomic E-state index is 0.671. The SMILES string of the molecule is Cc1nn(CCCN)c2c(Cl)cccc12. The Hall–Kier alpha value is -1.06. The summed E-state index contributed by atoms with van der Waals surface area (Å²) in [5, 5.41) is 6.34. The molecule has 0 bridgehead atoms. The lowest BCUT2D eigenvalue weighted by atomic mass is 10.2. The van der Waals surface area contributed by atoms with Gasteiger partial charge in [-0.05, 0) is 26.0 Å². The quantitative estimate of drug-likeness (QED) is 0.868. The molecule has 0 aliphatic heterocycles. The summed E-state index contributed by atoms with van der Waals surface area (Å²) < 4.78 is 1.94. The highest BCUT2D eigenvalue weighted by atomic mass is 35.5. The third-order valence-corrected chi connectivity index (χ3v) is 2.78. The predicted octanol–water partition coefficient (Wildman–Crippen LogP) is 2.35. The van der Waals surface area contributed by atoms with Crippen LogP contribution in [0, 0.1) is 6.92 Å². The van der Waals surface area contributed by atoms with Crippen molar-refractivity contribution in [3.8, 4) is 0 Å². The molecular weight excluding hydrogens is 210 g/mol. The lowest BCUT2D eigenvalue weighted by Gasteiger charge is -2.02. The summed E-state index contributed by atoms with van der Waals surface area (Å²) in [5.41, 5.74) is 7.53. The van der Waals surface area contributed by atoms with Crippen LogP contribution in [0.2, 0.25) is 5.02 Å². The summed E-state index contributed by atoms with van der Waals surface area (Å²) in [6, 6.07) is 5.89. The average Bonchev–Trinajstić information content (AvgIpc) is 2.55. The molecule has 2 N–H and O–H groups in total. The van der Waals surface area contributed by atoms with Gasteiger partial charge in [0.05, 0.1) is 16.2 Å². The number of aromatic nitrogens is 2. The number of aryl methyl sites for hydroxylation is 2. The maximum absolute atomic E-state index is 6.16. The number of benzene rings is 1. The molecule has 1 heterocycles. The molecule has 0 fully saturated rings. The summed E-state index contributed by atoms with van der Waals surface area (Å²) >= 11 is 6.16. The number of para-hydroxylation sites is 1. The van der Waals surface area contributed by atoms with Crippen LogP contribution in [-0.2, 0) is 6.54 Å². The van der Waals surface area contributed by atoms with Crippen LogP contribution < -0.4 is 5.73 Å². The lowest BCUT2D eigenvalue weighted by Crippen LogP contribution is -2.07. The Bertz CT molecular complexity index is 476. The number of nitrogens with zero attached hydrogens (tertiary/aromatic N) is 2. The van der Waals surface area contributed by atoms with Crippen LogP contribution in [-0.4, -0.2) is 16.3 Å². The molecule has 1 aromatic carbocycles. The summed E-state index contributed by atoms with van der Waals surface area (Å²) in [6.45, 7) is 3.49. The molecule has 0 radical (unpaired) electrons. The van der Waals surface area contributed by atoms with Gasteiger partial charge < -0.3 is 5.73 Å². The number of halogens is 1. The van der Waals surface area contributed by atoms with Gasteiger partial charge in [-0.15, -0.1) is 0 Å². The summed E-state index contributed by atoms with van der Waals surface area (Å²) in [4.78, 5) is 0. The second kappa shape index (κ2) is 4.21. The molecule has 15 heavy (non-hydrogen) atoms. The number of fused-ring (bicyclic) bond motifs is 1. The summed E-state index contributed by atoms with van der Waals surface area (Å²) in [5.74, 6) is 0. The van der Waals surface area contributed by atoms with Gasteiger partial charge in [-0.1, -0.05) is 23.7 Å². The van der Waals surface area contributed by atoms with Crippen molar-refractivity contribution in [2.45, 2.75) is 19.9 Å². The van der Waals surface area contributed by atoms with Crippen molar-refractivity contribution in [3.05, 3.63) is 28.9 Å². The van der Waals surface area contributed by atoms with E-state index in [0.717, 1.165) is 34.6 Å². The van der Waals surface area contributed by atoms with Gasteiger partial charge in [0.15, 0.2) is 0 Å². The van der Waals surface area contributed by atoms with Crippen LogP contribution in [0.15, 0.2) is 18.2 Å². The van der Waals surface area contributed by atoms with Gasteiger partial charge in [0.2, 0.25) is 0 Å². The first-order chi connectivity index (χ1) is 7.24. The van der Waals surface area contributed by atoms with Gasteiger partial charge in [-0.3, -0.25) is 4.68 Å². The normalized spacial score (nSPS) is 11.1. The van der Waals surface area contributed by atoms with Crippen LogP contribution in [0.1, 0.15) is 12.1 Å².